The lowest BCUT2D eigenvalue weighted by Gasteiger charge is -2.30. The number of carbonyl (C=O) groups is 3. The van der Waals surface area contributed by atoms with Crippen LogP contribution in [-0.4, -0.2) is 65.8 Å². The lowest BCUT2D eigenvalue weighted by atomic mass is 9.77. The molecule has 2 fully saturated rings. The largest absolute Gasteiger partial charge is 0.396 e. The average Bonchev–Trinajstić information content (AvgIpc) is 3.74. The van der Waals surface area contributed by atoms with Crippen LogP contribution < -0.4 is 0 Å². The molecule has 2 aliphatic rings. The second-order valence-corrected chi connectivity index (χ2v) is 14.0. The summed E-state index contributed by atoms with van der Waals surface area (Å²) in [6, 6.07) is 29.5. The molecule has 0 bridgehead atoms. The Kier molecular flexibility index (Phi) is 11.9. The molecule has 6 nitrogen and oxygen atoms in total. The van der Waals surface area contributed by atoms with Crippen LogP contribution in [-0.2, 0) is 15.6 Å². The van der Waals surface area contributed by atoms with Crippen LogP contribution in [0.25, 0.3) is 0 Å². The fraction of sp³-hybridized carbons (Fsp3) is 0.289. The van der Waals surface area contributed by atoms with Crippen molar-refractivity contribution in [3.63, 3.8) is 0 Å². The first kappa shape index (κ1) is 35.9. The molecule has 0 aromatic heterocycles. The summed E-state index contributed by atoms with van der Waals surface area (Å²) >= 11 is 24.3. The van der Waals surface area contributed by atoms with Crippen molar-refractivity contribution in [2.45, 2.75) is 36.5 Å². The highest BCUT2D eigenvalue weighted by Gasteiger charge is 2.42. The van der Waals surface area contributed by atoms with Crippen LogP contribution in [0.1, 0.15) is 57.5 Å². The first-order valence-corrected chi connectivity index (χ1v) is 17.3. The van der Waals surface area contributed by atoms with Crippen LogP contribution in [0.4, 0.5) is 0 Å². The van der Waals surface area contributed by atoms with Crippen molar-refractivity contribution in [3.8, 4) is 0 Å². The minimum atomic E-state index is -0.402. The van der Waals surface area contributed by atoms with E-state index in [9.17, 15) is 19.5 Å². The third-order valence-corrected chi connectivity index (χ3v) is 10.9. The number of hydrogen-bond acceptors (Lipinski definition) is 4. The Morgan fingerprint density at radius 2 is 1.08 bits per heavy atom. The van der Waals surface area contributed by atoms with E-state index in [1.165, 1.54) is 0 Å². The summed E-state index contributed by atoms with van der Waals surface area (Å²) in [5.41, 5.74) is 2.63. The van der Waals surface area contributed by atoms with Gasteiger partial charge in [0.2, 0.25) is 0 Å². The number of nitrogens with zero attached hydrogens (tertiary/aromatic N) is 2. The fourth-order valence-corrected chi connectivity index (χ4v) is 7.34. The van der Waals surface area contributed by atoms with E-state index in [0.29, 0.717) is 70.2 Å². The Hall–Kier alpha value is -3.39. The molecule has 0 aliphatic carbocycles. The van der Waals surface area contributed by atoms with Gasteiger partial charge in [0.05, 0.1) is 20.1 Å². The Labute approximate surface area is 301 Å². The lowest BCUT2D eigenvalue weighted by molar-refractivity contribution is -0.108. The van der Waals surface area contributed by atoms with E-state index in [-0.39, 0.29) is 23.8 Å². The maximum atomic E-state index is 12.7. The highest BCUT2D eigenvalue weighted by atomic mass is 35.5. The quantitative estimate of drug-likeness (QED) is 0.185. The zero-order valence-electron chi connectivity index (χ0n) is 26.3. The Bertz CT molecular complexity index is 1760. The van der Waals surface area contributed by atoms with E-state index in [0.717, 1.165) is 30.3 Å². The van der Waals surface area contributed by atoms with Gasteiger partial charge in [-0.3, -0.25) is 9.59 Å². The molecule has 4 aromatic rings. The van der Waals surface area contributed by atoms with Gasteiger partial charge in [0.1, 0.15) is 6.29 Å². The summed E-state index contributed by atoms with van der Waals surface area (Å²) in [5.74, 6) is 0.0129. The number of amides is 2. The predicted molar refractivity (Wildman–Crippen MR) is 193 cm³/mol. The maximum absolute atomic E-state index is 12.7. The minimum absolute atomic E-state index is 0.0107. The number of aliphatic hydroxyl groups excluding tert-OH is 1. The molecule has 6 rings (SSSR count). The second-order valence-electron chi connectivity index (χ2n) is 12.3. The smallest absolute Gasteiger partial charge is 0.253 e. The van der Waals surface area contributed by atoms with Crippen LogP contribution in [0.5, 0.6) is 0 Å². The van der Waals surface area contributed by atoms with Gasteiger partial charge in [-0.15, -0.1) is 0 Å². The van der Waals surface area contributed by atoms with Gasteiger partial charge in [-0.1, -0.05) is 94.9 Å². The summed E-state index contributed by atoms with van der Waals surface area (Å²) < 4.78 is 0. The van der Waals surface area contributed by atoms with E-state index < -0.39 is 5.41 Å². The van der Waals surface area contributed by atoms with Gasteiger partial charge >= 0.3 is 0 Å². The van der Waals surface area contributed by atoms with Gasteiger partial charge in [-0.05, 0) is 78.9 Å². The van der Waals surface area contributed by atoms with Gasteiger partial charge in [-0.25, -0.2) is 0 Å². The molecular weight excluding hydrogens is 690 g/mol. The van der Waals surface area contributed by atoms with E-state index in [1.54, 1.807) is 29.2 Å². The SMILES string of the molecule is O=C(c1ccccc1)N1CCC(CCO)(c2ccc(Cl)c(Cl)c2)C1.O=CCC1(c2ccc(Cl)c(Cl)c2)CCN(C(=O)c2ccccc2)C1. The highest BCUT2D eigenvalue weighted by Crippen LogP contribution is 2.41. The summed E-state index contributed by atoms with van der Waals surface area (Å²) in [7, 11) is 0. The highest BCUT2D eigenvalue weighted by molar-refractivity contribution is 6.42. The fourth-order valence-electron chi connectivity index (χ4n) is 6.75. The molecule has 0 spiro atoms. The monoisotopic (exact) mass is 724 g/mol. The molecule has 250 valence electrons. The van der Waals surface area contributed by atoms with Gasteiger partial charge < -0.3 is 19.7 Å². The molecule has 2 amide bonds. The molecule has 2 unspecified atom stereocenters. The summed E-state index contributed by atoms with van der Waals surface area (Å²) in [4.78, 5) is 40.3. The first-order chi connectivity index (χ1) is 23.1. The van der Waals surface area contributed by atoms with Crippen molar-refractivity contribution in [2.75, 3.05) is 32.8 Å². The molecule has 2 saturated heterocycles. The molecule has 2 atom stereocenters. The average molecular weight is 727 g/mol. The van der Waals surface area contributed by atoms with Gasteiger partial charge in [0.25, 0.3) is 11.8 Å². The number of carbonyl (C=O) groups excluding carboxylic acids is 3. The third kappa shape index (κ3) is 7.90. The van der Waals surface area contributed by atoms with Crippen molar-refractivity contribution in [1.82, 2.24) is 9.80 Å². The van der Waals surface area contributed by atoms with Gasteiger partial charge in [0, 0.05) is 61.2 Å². The number of likely N-dealkylation sites (tertiary alicyclic amines) is 2. The molecule has 48 heavy (non-hydrogen) atoms. The Balaban J connectivity index is 0.000000188. The van der Waals surface area contributed by atoms with Crippen LogP contribution in [0.15, 0.2) is 97.1 Å². The van der Waals surface area contributed by atoms with E-state index >= 15 is 0 Å². The van der Waals surface area contributed by atoms with E-state index in [1.807, 2.05) is 77.7 Å². The van der Waals surface area contributed by atoms with Crippen molar-refractivity contribution in [3.05, 3.63) is 139 Å². The topological polar surface area (TPSA) is 77.9 Å². The summed E-state index contributed by atoms with van der Waals surface area (Å²) in [6.45, 7) is 2.40. The summed E-state index contributed by atoms with van der Waals surface area (Å²) in [5, 5.41) is 11.5. The van der Waals surface area contributed by atoms with Crippen LogP contribution in [0.3, 0.4) is 0 Å². The van der Waals surface area contributed by atoms with Crippen LogP contribution >= 0.6 is 46.4 Å². The van der Waals surface area contributed by atoms with Crippen LogP contribution in [0.2, 0.25) is 20.1 Å². The zero-order valence-corrected chi connectivity index (χ0v) is 29.3. The number of rotatable bonds is 8. The second kappa shape index (κ2) is 15.9. The summed E-state index contributed by atoms with van der Waals surface area (Å²) in [6.07, 6.45) is 3.37. The van der Waals surface area contributed by atoms with Gasteiger partial charge in [0.15, 0.2) is 0 Å². The third-order valence-electron chi connectivity index (χ3n) is 9.45. The van der Waals surface area contributed by atoms with Gasteiger partial charge in [-0.2, -0.15) is 0 Å². The van der Waals surface area contributed by atoms with Crippen molar-refractivity contribution in [2.24, 2.45) is 0 Å². The molecular formula is C38H36Cl4N2O4. The molecule has 2 aliphatic heterocycles. The Morgan fingerprint density at radius 1 is 0.646 bits per heavy atom. The zero-order chi connectivity index (χ0) is 34.3. The number of benzene rings is 4. The molecule has 0 radical (unpaired) electrons. The van der Waals surface area contributed by atoms with E-state index in [2.05, 4.69) is 0 Å². The minimum Gasteiger partial charge on any atom is -0.396 e. The number of halogens is 4. The predicted octanol–water partition coefficient (Wildman–Crippen LogP) is 8.53. The molecule has 10 heteroatoms. The number of aliphatic hydroxyl groups is 1. The first-order valence-electron chi connectivity index (χ1n) is 15.8. The number of hydrogen-bond donors (Lipinski definition) is 1. The van der Waals surface area contributed by atoms with Crippen molar-refractivity contribution < 1.29 is 19.5 Å². The number of aldehydes is 1. The van der Waals surface area contributed by atoms with Crippen LogP contribution in [0, 0.1) is 0 Å². The molecule has 2 heterocycles. The molecule has 0 saturated carbocycles. The Morgan fingerprint density at radius 3 is 1.52 bits per heavy atom. The normalized spacial score (nSPS) is 20.3. The van der Waals surface area contributed by atoms with Crippen molar-refractivity contribution in [1.29, 1.82) is 0 Å². The molecule has 1 N–H and O–H groups in total. The molecule has 4 aromatic carbocycles. The van der Waals surface area contributed by atoms with Crippen molar-refractivity contribution >= 4 is 64.5 Å². The maximum Gasteiger partial charge on any atom is 0.253 e. The standard InChI is InChI=1S/C19H19Cl2NO2.C19H17Cl2NO2/c2*20-16-7-6-15(12-17(16)21)19(9-11-23)8-10-22(13-19)18(24)14-4-2-1-3-5-14/h1-7,12,23H,8-11,13H2;1-7,11-12H,8-10,13H2. The van der Waals surface area contributed by atoms with E-state index in [4.69, 9.17) is 46.4 Å². The lowest BCUT2D eigenvalue weighted by Crippen LogP contribution is -2.35.